The van der Waals surface area contributed by atoms with Gasteiger partial charge >= 0.3 is 0 Å². The molecule has 3 aliphatic heterocycles. The summed E-state index contributed by atoms with van der Waals surface area (Å²) in [6.07, 6.45) is 3.11. The van der Waals surface area contributed by atoms with Gasteiger partial charge in [-0.15, -0.1) is 0 Å². The Balaban J connectivity index is 1.53. The van der Waals surface area contributed by atoms with E-state index in [1.165, 1.54) is 5.75 Å². The van der Waals surface area contributed by atoms with Crippen LogP contribution in [0, 0.1) is 0 Å². The maximum absolute atomic E-state index is 12.0. The van der Waals surface area contributed by atoms with E-state index >= 15 is 0 Å². The highest BCUT2D eigenvalue weighted by Gasteiger charge is 2.40. The van der Waals surface area contributed by atoms with Crippen LogP contribution in [0.25, 0.3) is 0 Å². The third-order valence-electron chi connectivity index (χ3n) is 5.60. The molecule has 2 unspecified atom stereocenters. The Morgan fingerprint density at radius 2 is 2.14 bits per heavy atom. The average molecular weight is 414 g/mol. The lowest BCUT2D eigenvalue weighted by Gasteiger charge is -2.38. The van der Waals surface area contributed by atoms with Crippen LogP contribution >= 0.6 is 11.8 Å². The maximum atomic E-state index is 12.0. The van der Waals surface area contributed by atoms with Gasteiger partial charge in [0, 0.05) is 58.7 Å². The van der Waals surface area contributed by atoms with Gasteiger partial charge in [-0.25, -0.2) is 4.99 Å². The summed E-state index contributed by atoms with van der Waals surface area (Å²) in [5.41, 5.74) is 0.0267. The van der Waals surface area contributed by atoms with Crippen LogP contribution in [0.3, 0.4) is 0 Å². The molecule has 0 saturated carbocycles. The van der Waals surface area contributed by atoms with Gasteiger partial charge in [0.1, 0.15) is 6.54 Å². The molecule has 1 amide bonds. The third-order valence-corrected chi connectivity index (χ3v) is 6.82. The first-order valence-electron chi connectivity index (χ1n) is 10.3. The van der Waals surface area contributed by atoms with Gasteiger partial charge in [-0.2, -0.15) is 11.8 Å². The van der Waals surface area contributed by atoms with Crippen LogP contribution in [-0.2, 0) is 14.3 Å². The number of carbonyl (C=O) groups excluding carboxylic acids is 1. The van der Waals surface area contributed by atoms with Gasteiger partial charge < -0.3 is 25.0 Å². The van der Waals surface area contributed by atoms with Gasteiger partial charge in [0.05, 0.1) is 18.8 Å². The number of carbonyl (C=O) groups is 1. The Labute approximate surface area is 172 Å². The molecule has 1 spiro atoms. The smallest absolute Gasteiger partial charge is 0.243 e. The van der Waals surface area contributed by atoms with Crippen molar-refractivity contribution in [2.45, 2.75) is 30.9 Å². The van der Waals surface area contributed by atoms with Gasteiger partial charge in [-0.05, 0) is 25.0 Å². The van der Waals surface area contributed by atoms with E-state index in [1.807, 2.05) is 11.8 Å². The van der Waals surface area contributed by atoms with Crippen molar-refractivity contribution < 1.29 is 14.3 Å². The Morgan fingerprint density at radius 1 is 1.32 bits per heavy atom. The topological polar surface area (TPSA) is 78.4 Å². The van der Waals surface area contributed by atoms with E-state index in [9.17, 15) is 4.79 Å². The number of thioether (sulfide) groups is 1. The maximum Gasteiger partial charge on any atom is 0.243 e. The molecule has 0 aromatic carbocycles. The molecule has 2 N–H and O–H groups in total. The second kappa shape index (κ2) is 10.7. The van der Waals surface area contributed by atoms with Crippen molar-refractivity contribution in [3.05, 3.63) is 0 Å². The highest BCUT2D eigenvalue weighted by molar-refractivity contribution is 7.99. The Bertz CT molecular complexity index is 534. The number of hydrogen-bond donors (Lipinski definition) is 2. The fourth-order valence-electron chi connectivity index (χ4n) is 3.81. The van der Waals surface area contributed by atoms with E-state index in [2.05, 4.69) is 20.5 Å². The molecular weight excluding hydrogens is 378 g/mol. The highest BCUT2D eigenvalue weighted by Crippen LogP contribution is 2.38. The van der Waals surface area contributed by atoms with Crippen molar-refractivity contribution in [1.82, 2.24) is 20.4 Å². The van der Waals surface area contributed by atoms with E-state index in [4.69, 9.17) is 9.47 Å². The Hall–Kier alpha value is -1.03. The van der Waals surface area contributed by atoms with Gasteiger partial charge in [0.2, 0.25) is 5.91 Å². The van der Waals surface area contributed by atoms with Crippen molar-refractivity contribution in [3.8, 4) is 0 Å². The fraction of sp³-hybridized carbons (Fsp3) is 0.895. The van der Waals surface area contributed by atoms with Gasteiger partial charge in [-0.1, -0.05) is 0 Å². The van der Waals surface area contributed by atoms with Crippen LogP contribution in [0.4, 0.5) is 0 Å². The Kier molecular flexibility index (Phi) is 8.25. The van der Waals surface area contributed by atoms with E-state index in [1.54, 1.807) is 19.0 Å². The molecule has 2 atom stereocenters. The zero-order chi connectivity index (χ0) is 19.8. The van der Waals surface area contributed by atoms with E-state index in [-0.39, 0.29) is 18.1 Å². The summed E-state index contributed by atoms with van der Waals surface area (Å²) >= 11 is 1.98. The molecule has 0 aromatic rings. The van der Waals surface area contributed by atoms with Crippen LogP contribution < -0.4 is 10.6 Å². The van der Waals surface area contributed by atoms with Gasteiger partial charge in [-0.3, -0.25) is 9.69 Å². The minimum atomic E-state index is 0.00456. The van der Waals surface area contributed by atoms with Crippen molar-refractivity contribution in [2.75, 3.05) is 78.1 Å². The number of likely N-dealkylation sites (N-methyl/N-ethyl adjacent to an activating group) is 1. The van der Waals surface area contributed by atoms with E-state index < -0.39 is 0 Å². The van der Waals surface area contributed by atoms with Crippen LogP contribution in [0.15, 0.2) is 4.99 Å². The summed E-state index contributed by atoms with van der Waals surface area (Å²) in [5, 5.41) is 7.00. The zero-order valence-corrected chi connectivity index (χ0v) is 18.1. The molecule has 0 bridgehead atoms. The summed E-state index contributed by atoms with van der Waals surface area (Å²) in [7, 11) is 3.52. The molecule has 3 rings (SSSR count). The number of ether oxygens (including phenoxy) is 2. The van der Waals surface area contributed by atoms with Crippen molar-refractivity contribution in [1.29, 1.82) is 0 Å². The molecule has 3 heterocycles. The number of guanidine groups is 1. The van der Waals surface area contributed by atoms with Gasteiger partial charge in [0.25, 0.3) is 0 Å². The summed E-state index contributed by atoms with van der Waals surface area (Å²) in [6, 6.07) is 0.330. The predicted molar refractivity (Wildman–Crippen MR) is 113 cm³/mol. The molecule has 3 aliphatic rings. The molecule has 0 radical (unpaired) electrons. The molecule has 3 saturated heterocycles. The summed E-state index contributed by atoms with van der Waals surface area (Å²) < 4.78 is 11.5. The largest absolute Gasteiger partial charge is 0.379 e. The fourth-order valence-corrected chi connectivity index (χ4v) is 5.18. The number of hydrogen-bond acceptors (Lipinski definition) is 6. The zero-order valence-electron chi connectivity index (χ0n) is 17.2. The van der Waals surface area contributed by atoms with Crippen LogP contribution in [0.5, 0.6) is 0 Å². The highest BCUT2D eigenvalue weighted by atomic mass is 32.2. The number of rotatable bonds is 6. The van der Waals surface area contributed by atoms with Crippen LogP contribution in [-0.4, -0.2) is 111 Å². The molecule has 28 heavy (non-hydrogen) atoms. The Morgan fingerprint density at radius 3 is 2.86 bits per heavy atom. The number of aliphatic imine (C=N–C) groups is 1. The number of nitrogens with one attached hydrogen (secondary N) is 2. The molecule has 0 aliphatic carbocycles. The molecular formula is C19H35N5O3S. The quantitative estimate of drug-likeness (QED) is 0.469. The summed E-state index contributed by atoms with van der Waals surface area (Å²) in [6.45, 7) is 6.24. The summed E-state index contributed by atoms with van der Waals surface area (Å²) in [5.74, 6) is 3.01. The molecule has 3 fully saturated rings. The number of amides is 1. The van der Waals surface area contributed by atoms with Crippen molar-refractivity contribution in [3.63, 3.8) is 0 Å². The van der Waals surface area contributed by atoms with Crippen LogP contribution in [0.1, 0.15) is 19.3 Å². The first-order chi connectivity index (χ1) is 13.6. The normalized spacial score (nSPS) is 29.1. The molecule has 9 heteroatoms. The minimum Gasteiger partial charge on any atom is -0.379 e. The first kappa shape index (κ1) is 21.7. The van der Waals surface area contributed by atoms with E-state index in [0.29, 0.717) is 6.04 Å². The average Bonchev–Trinajstić information content (AvgIpc) is 3.13. The molecule has 160 valence electrons. The number of nitrogens with zero attached hydrogens (tertiary/aromatic N) is 3. The lowest BCUT2D eigenvalue weighted by molar-refractivity contribution is -0.127. The standard InChI is InChI=1S/C19H35N5O3S/c1-23(2)17(25)14-21-18(20-5-6-24-7-10-26-11-8-24)22-16-3-9-27-19(13-16)4-12-28-15-19/h16H,3-15H2,1-2H3,(H2,20,21,22). The SMILES string of the molecule is CN(C)C(=O)CN=C(NCCN1CCOCC1)NC1CCOC2(CCSC2)C1. The van der Waals surface area contributed by atoms with Gasteiger partial charge in [0.15, 0.2) is 5.96 Å². The van der Waals surface area contributed by atoms with Crippen molar-refractivity contribution >= 4 is 23.6 Å². The van der Waals surface area contributed by atoms with Crippen LogP contribution in [0.2, 0.25) is 0 Å². The minimum absolute atomic E-state index is 0.00456. The van der Waals surface area contributed by atoms with E-state index in [0.717, 1.165) is 77.0 Å². The molecule has 0 aromatic heterocycles. The summed E-state index contributed by atoms with van der Waals surface area (Å²) in [4.78, 5) is 20.5. The second-order valence-corrected chi connectivity index (χ2v) is 9.11. The molecule has 8 nitrogen and oxygen atoms in total. The lowest BCUT2D eigenvalue weighted by Crippen LogP contribution is -2.52. The second-order valence-electron chi connectivity index (χ2n) is 8.00. The lowest BCUT2D eigenvalue weighted by atomic mass is 9.90. The monoisotopic (exact) mass is 413 g/mol. The third kappa shape index (κ3) is 6.50. The number of morpholine rings is 1. The first-order valence-corrected chi connectivity index (χ1v) is 11.5. The van der Waals surface area contributed by atoms with Crippen molar-refractivity contribution in [2.24, 2.45) is 4.99 Å². The predicted octanol–water partition coefficient (Wildman–Crippen LogP) is -0.00330.